The minimum Gasteiger partial charge on any atom is -0.354 e. The lowest BCUT2D eigenvalue weighted by atomic mass is 10.1. The van der Waals surface area contributed by atoms with Crippen LogP contribution in [-0.2, 0) is 0 Å². The summed E-state index contributed by atoms with van der Waals surface area (Å²) in [6.45, 7) is 7.55. The molecule has 0 saturated carbocycles. The number of piperazine rings is 1. The van der Waals surface area contributed by atoms with Crippen molar-refractivity contribution in [2.45, 2.75) is 6.92 Å². The van der Waals surface area contributed by atoms with Crippen LogP contribution < -0.4 is 4.90 Å². The number of anilines is 1. The highest BCUT2D eigenvalue weighted by Crippen LogP contribution is 2.30. The lowest BCUT2D eigenvalue weighted by Crippen LogP contribution is -2.46. The number of hydrogen-bond acceptors (Lipinski definition) is 4. The standard InChI is InChI=1S/C20H21BrN4/c1-2-24-9-11-25(12-10-24)20-17-6-4-3-5-15(17)13-19(23-20)18-8-7-16(21)14-22-18/h3-8,13-14H,2,9-12H2,1H3. The van der Waals surface area contributed by atoms with Gasteiger partial charge in [-0.1, -0.05) is 31.2 Å². The van der Waals surface area contributed by atoms with Crippen LogP contribution in [0.2, 0.25) is 0 Å². The molecule has 4 rings (SSSR count). The summed E-state index contributed by atoms with van der Waals surface area (Å²) in [6.07, 6.45) is 1.83. The van der Waals surface area contributed by atoms with Gasteiger partial charge in [-0.15, -0.1) is 0 Å². The topological polar surface area (TPSA) is 32.3 Å². The number of pyridine rings is 2. The molecule has 5 heteroatoms. The largest absolute Gasteiger partial charge is 0.354 e. The number of halogens is 1. The van der Waals surface area contributed by atoms with Crippen LogP contribution in [0.3, 0.4) is 0 Å². The first-order chi connectivity index (χ1) is 12.2. The summed E-state index contributed by atoms with van der Waals surface area (Å²) in [7, 11) is 0. The molecule has 25 heavy (non-hydrogen) atoms. The van der Waals surface area contributed by atoms with E-state index in [2.05, 4.69) is 68.0 Å². The smallest absolute Gasteiger partial charge is 0.137 e. The molecule has 3 aromatic rings. The van der Waals surface area contributed by atoms with Crippen LogP contribution in [0, 0.1) is 0 Å². The highest BCUT2D eigenvalue weighted by Gasteiger charge is 2.19. The van der Waals surface area contributed by atoms with Crippen LogP contribution in [0.5, 0.6) is 0 Å². The maximum atomic E-state index is 5.00. The van der Waals surface area contributed by atoms with Crippen molar-refractivity contribution >= 4 is 32.5 Å². The minimum absolute atomic E-state index is 0.905. The lowest BCUT2D eigenvalue weighted by Gasteiger charge is -2.35. The van der Waals surface area contributed by atoms with Crippen LogP contribution in [0.4, 0.5) is 5.82 Å². The Morgan fingerprint density at radius 2 is 1.80 bits per heavy atom. The Kier molecular flexibility index (Phi) is 4.68. The number of nitrogens with zero attached hydrogens (tertiary/aromatic N) is 4. The molecule has 0 spiro atoms. The first-order valence-electron chi connectivity index (χ1n) is 8.73. The van der Waals surface area contributed by atoms with Gasteiger partial charge in [0.05, 0.1) is 11.4 Å². The quantitative estimate of drug-likeness (QED) is 0.663. The molecule has 0 unspecified atom stereocenters. The Balaban J connectivity index is 1.78. The van der Waals surface area contributed by atoms with Gasteiger partial charge in [0.15, 0.2) is 0 Å². The molecule has 1 aliphatic heterocycles. The normalized spacial score (nSPS) is 15.7. The third-order valence-corrected chi connectivity index (χ3v) is 5.30. The maximum absolute atomic E-state index is 5.00. The second kappa shape index (κ2) is 7.10. The molecule has 0 radical (unpaired) electrons. The van der Waals surface area contributed by atoms with Crippen molar-refractivity contribution in [3.63, 3.8) is 0 Å². The van der Waals surface area contributed by atoms with Crippen molar-refractivity contribution in [2.75, 3.05) is 37.6 Å². The molecule has 0 bridgehead atoms. The average Bonchev–Trinajstić information content (AvgIpc) is 2.68. The Bertz CT molecular complexity index is 871. The van der Waals surface area contributed by atoms with Crippen LogP contribution in [0.25, 0.3) is 22.2 Å². The molecule has 1 aliphatic rings. The Hall–Kier alpha value is -1.98. The van der Waals surface area contributed by atoms with Gasteiger partial charge >= 0.3 is 0 Å². The molecular weight excluding hydrogens is 376 g/mol. The molecule has 1 fully saturated rings. The van der Waals surface area contributed by atoms with Crippen molar-refractivity contribution in [3.05, 3.63) is 53.1 Å². The Morgan fingerprint density at radius 3 is 2.52 bits per heavy atom. The molecule has 128 valence electrons. The zero-order chi connectivity index (χ0) is 17.2. The van der Waals surface area contributed by atoms with E-state index in [-0.39, 0.29) is 0 Å². The summed E-state index contributed by atoms with van der Waals surface area (Å²) in [5, 5.41) is 2.43. The summed E-state index contributed by atoms with van der Waals surface area (Å²) < 4.78 is 0.980. The van der Waals surface area contributed by atoms with E-state index in [1.165, 1.54) is 10.8 Å². The van der Waals surface area contributed by atoms with Crippen LogP contribution >= 0.6 is 15.9 Å². The van der Waals surface area contributed by atoms with Gasteiger partial charge in [0, 0.05) is 42.2 Å². The summed E-state index contributed by atoms with van der Waals surface area (Å²) >= 11 is 3.45. The zero-order valence-electron chi connectivity index (χ0n) is 14.3. The van der Waals surface area contributed by atoms with Crippen molar-refractivity contribution in [1.82, 2.24) is 14.9 Å². The second-order valence-electron chi connectivity index (χ2n) is 6.34. The monoisotopic (exact) mass is 396 g/mol. The van der Waals surface area contributed by atoms with Crippen molar-refractivity contribution in [2.24, 2.45) is 0 Å². The second-order valence-corrected chi connectivity index (χ2v) is 7.25. The van der Waals surface area contributed by atoms with Gasteiger partial charge in [0.2, 0.25) is 0 Å². The van der Waals surface area contributed by atoms with Crippen molar-refractivity contribution in [3.8, 4) is 11.4 Å². The molecule has 0 amide bonds. The predicted molar refractivity (Wildman–Crippen MR) is 107 cm³/mol. The fourth-order valence-electron chi connectivity index (χ4n) is 3.36. The third-order valence-electron chi connectivity index (χ3n) is 4.83. The third kappa shape index (κ3) is 3.39. The highest BCUT2D eigenvalue weighted by atomic mass is 79.9. The lowest BCUT2D eigenvalue weighted by molar-refractivity contribution is 0.271. The molecule has 0 atom stereocenters. The van der Waals surface area contributed by atoms with E-state index in [4.69, 9.17) is 4.98 Å². The van der Waals surface area contributed by atoms with E-state index in [1.807, 2.05) is 18.3 Å². The van der Waals surface area contributed by atoms with E-state index in [9.17, 15) is 0 Å². The summed E-state index contributed by atoms with van der Waals surface area (Å²) in [4.78, 5) is 14.4. The molecule has 1 aromatic carbocycles. The van der Waals surface area contributed by atoms with Gasteiger partial charge in [-0.25, -0.2) is 4.98 Å². The van der Waals surface area contributed by atoms with Crippen LogP contribution in [0.15, 0.2) is 53.1 Å². The molecule has 4 nitrogen and oxygen atoms in total. The first-order valence-corrected chi connectivity index (χ1v) is 9.53. The fraction of sp³-hybridized carbons (Fsp3) is 0.300. The zero-order valence-corrected chi connectivity index (χ0v) is 15.9. The van der Waals surface area contributed by atoms with Crippen LogP contribution in [-0.4, -0.2) is 47.6 Å². The van der Waals surface area contributed by atoms with E-state index in [0.29, 0.717) is 0 Å². The molecular formula is C20H21BrN4. The fourth-order valence-corrected chi connectivity index (χ4v) is 3.59. The molecule has 1 saturated heterocycles. The minimum atomic E-state index is 0.905. The highest BCUT2D eigenvalue weighted by molar-refractivity contribution is 9.10. The summed E-state index contributed by atoms with van der Waals surface area (Å²) in [5.41, 5.74) is 1.83. The number of likely N-dealkylation sites (N-methyl/N-ethyl adjacent to an activating group) is 1. The van der Waals surface area contributed by atoms with Gasteiger partial charge in [-0.2, -0.15) is 0 Å². The first kappa shape index (κ1) is 16.5. The average molecular weight is 397 g/mol. The van der Waals surface area contributed by atoms with Crippen molar-refractivity contribution in [1.29, 1.82) is 0 Å². The van der Waals surface area contributed by atoms with Gasteiger partial charge < -0.3 is 9.80 Å². The van der Waals surface area contributed by atoms with E-state index >= 15 is 0 Å². The molecule has 3 heterocycles. The Morgan fingerprint density at radius 1 is 1.00 bits per heavy atom. The Labute approximate surface area is 156 Å². The van der Waals surface area contributed by atoms with Gasteiger partial charge in [0.25, 0.3) is 0 Å². The van der Waals surface area contributed by atoms with Crippen LogP contribution in [0.1, 0.15) is 6.92 Å². The van der Waals surface area contributed by atoms with Gasteiger partial charge in [0.1, 0.15) is 5.82 Å². The SMILES string of the molecule is CCN1CCN(c2nc(-c3ccc(Br)cn3)cc3ccccc23)CC1. The number of aromatic nitrogens is 2. The summed E-state index contributed by atoms with van der Waals surface area (Å²) in [5.74, 6) is 1.08. The van der Waals surface area contributed by atoms with E-state index in [0.717, 1.165) is 54.4 Å². The predicted octanol–water partition coefficient (Wildman–Crippen LogP) is 4.20. The van der Waals surface area contributed by atoms with Crippen molar-refractivity contribution < 1.29 is 0 Å². The van der Waals surface area contributed by atoms with E-state index in [1.54, 1.807) is 0 Å². The molecule has 0 aliphatic carbocycles. The molecule has 2 aromatic heterocycles. The van der Waals surface area contributed by atoms with E-state index < -0.39 is 0 Å². The number of fused-ring (bicyclic) bond motifs is 1. The van der Waals surface area contributed by atoms with Gasteiger partial charge in [-0.3, -0.25) is 4.98 Å². The number of benzene rings is 1. The summed E-state index contributed by atoms with van der Waals surface area (Å²) in [6, 6.07) is 14.7. The molecule has 0 N–H and O–H groups in total. The van der Waals surface area contributed by atoms with Gasteiger partial charge in [-0.05, 0) is 46.1 Å². The maximum Gasteiger partial charge on any atom is 0.137 e. The number of rotatable bonds is 3. The number of hydrogen-bond donors (Lipinski definition) is 0.